The molecule has 0 saturated heterocycles. The van der Waals surface area contributed by atoms with Gasteiger partial charge in [0.2, 0.25) is 0 Å². The van der Waals surface area contributed by atoms with Gasteiger partial charge in [0.15, 0.2) is 11.9 Å². The molecule has 7 atom stereocenters. The summed E-state index contributed by atoms with van der Waals surface area (Å²) >= 11 is 0. The maximum absolute atomic E-state index is 11.9. The van der Waals surface area contributed by atoms with E-state index in [2.05, 4.69) is 4.74 Å². The maximum Gasteiger partial charge on any atom is 0.343 e. The minimum Gasteiger partial charge on any atom is -0.423 e. The summed E-state index contributed by atoms with van der Waals surface area (Å²) < 4.78 is 36.1. The van der Waals surface area contributed by atoms with Crippen molar-refractivity contribution < 1.29 is 63.4 Å². The maximum atomic E-state index is 11.9. The molecule has 0 aliphatic rings. The van der Waals surface area contributed by atoms with Gasteiger partial charge in [-0.2, -0.15) is 8.42 Å². The number of hydrogen-bond acceptors (Lipinski definition) is 12. The van der Waals surface area contributed by atoms with Crippen molar-refractivity contribution >= 4 is 16.1 Å². The van der Waals surface area contributed by atoms with Crippen molar-refractivity contribution in [2.75, 3.05) is 6.61 Å². The molecule has 0 heterocycles. The third-order valence-corrected chi connectivity index (χ3v) is 4.78. The number of benzene rings is 1. The predicted molar refractivity (Wildman–Crippen MR) is 91.0 cm³/mol. The van der Waals surface area contributed by atoms with E-state index in [4.69, 9.17) is 9.66 Å². The monoisotopic (exact) mass is 442 g/mol. The zero-order valence-electron chi connectivity index (χ0n) is 14.6. The van der Waals surface area contributed by atoms with Crippen molar-refractivity contribution in [2.45, 2.75) is 47.6 Å². The molecular formula is C15H22O13S. The molecule has 0 aliphatic carbocycles. The Kier molecular flexibility index (Phi) is 9.04. The number of carbonyl (C=O) groups is 1. The lowest BCUT2D eigenvalue weighted by Crippen LogP contribution is -2.56. The second-order valence-electron chi connectivity index (χ2n) is 5.99. The third-order valence-electron chi connectivity index (χ3n) is 3.88. The SMILES string of the molecule is O=C(Oc1ccccc1S(=O)(=O)O)C(O)C(O)C(O)C(O)C(O)C(O)C(O)CO. The highest BCUT2D eigenvalue weighted by atomic mass is 32.2. The van der Waals surface area contributed by atoms with Crippen LogP contribution < -0.4 is 4.74 Å². The summed E-state index contributed by atoms with van der Waals surface area (Å²) in [6.45, 7) is -1.01. The molecule has 29 heavy (non-hydrogen) atoms. The van der Waals surface area contributed by atoms with E-state index in [1.54, 1.807) is 0 Å². The summed E-state index contributed by atoms with van der Waals surface area (Å²) in [5.41, 5.74) is 0. The number of aliphatic hydroxyl groups is 8. The first-order chi connectivity index (χ1) is 13.3. The van der Waals surface area contributed by atoms with E-state index < -0.39 is 76.1 Å². The van der Waals surface area contributed by atoms with Crippen LogP contribution >= 0.6 is 0 Å². The zero-order valence-corrected chi connectivity index (χ0v) is 15.4. The van der Waals surface area contributed by atoms with Gasteiger partial charge in [-0.25, -0.2) is 4.79 Å². The lowest BCUT2D eigenvalue weighted by Gasteiger charge is -2.31. The van der Waals surface area contributed by atoms with Crippen molar-refractivity contribution in [3.63, 3.8) is 0 Å². The lowest BCUT2D eigenvalue weighted by atomic mass is 9.94. The van der Waals surface area contributed by atoms with Crippen molar-refractivity contribution in [3.05, 3.63) is 24.3 Å². The highest BCUT2D eigenvalue weighted by Gasteiger charge is 2.41. The molecule has 0 radical (unpaired) electrons. The average molecular weight is 442 g/mol. The van der Waals surface area contributed by atoms with Crippen LogP contribution in [-0.4, -0.2) is 109 Å². The number of para-hydroxylation sites is 1. The molecule has 0 spiro atoms. The van der Waals surface area contributed by atoms with Gasteiger partial charge in [-0.1, -0.05) is 12.1 Å². The second-order valence-corrected chi connectivity index (χ2v) is 7.38. The van der Waals surface area contributed by atoms with Crippen LogP contribution in [0.3, 0.4) is 0 Å². The number of esters is 1. The Morgan fingerprint density at radius 2 is 1.34 bits per heavy atom. The van der Waals surface area contributed by atoms with Crippen LogP contribution in [0.5, 0.6) is 5.75 Å². The number of hydrogen-bond donors (Lipinski definition) is 9. The van der Waals surface area contributed by atoms with Crippen molar-refractivity contribution in [3.8, 4) is 5.75 Å². The summed E-state index contributed by atoms with van der Waals surface area (Å²) in [7, 11) is -4.80. The van der Waals surface area contributed by atoms with Gasteiger partial charge in [-0.3, -0.25) is 4.55 Å². The average Bonchev–Trinajstić information content (AvgIpc) is 2.69. The Balaban J connectivity index is 2.90. The minimum atomic E-state index is -4.80. The van der Waals surface area contributed by atoms with E-state index in [1.165, 1.54) is 12.1 Å². The first-order valence-corrected chi connectivity index (χ1v) is 9.42. The Labute approximate surface area is 164 Å². The van der Waals surface area contributed by atoms with Crippen molar-refractivity contribution in [2.24, 2.45) is 0 Å². The predicted octanol–water partition coefficient (Wildman–Crippen LogP) is -4.64. The number of rotatable bonds is 10. The quantitative estimate of drug-likeness (QED) is 0.0941. The minimum absolute atomic E-state index is 0.706. The van der Waals surface area contributed by atoms with Crippen LogP contribution in [0.1, 0.15) is 0 Å². The smallest absolute Gasteiger partial charge is 0.343 e. The van der Waals surface area contributed by atoms with Crippen LogP contribution in [0, 0.1) is 0 Å². The van der Waals surface area contributed by atoms with Crippen LogP contribution in [0.15, 0.2) is 29.2 Å². The van der Waals surface area contributed by atoms with Crippen LogP contribution in [0.25, 0.3) is 0 Å². The van der Waals surface area contributed by atoms with Gasteiger partial charge in [0.05, 0.1) is 6.61 Å². The Morgan fingerprint density at radius 3 is 1.86 bits per heavy atom. The normalized spacial score (nSPS) is 19.5. The van der Waals surface area contributed by atoms with E-state index in [0.717, 1.165) is 12.1 Å². The molecule has 1 rings (SSSR count). The molecule has 13 nitrogen and oxygen atoms in total. The molecule has 14 heteroatoms. The standard InChI is InChI=1S/C15H22O13S/c16-5-6(17)9(18)10(19)11(20)12(21)13(22)14(23)15(24)28-7-3-1-2-4-8(7)29(25,26)27/h1-4,6,9-14,16-23H,5H2,(H,25,26,27). The van der Waals surface area contributed by atoms with Crippen molar-refractivity contribution in [1.82, 2.24) is 0 Å². The zero-order chi connectivity index (χ0) is 22.5. The van der Waals surface area contributed by atoms with Crippen LogP contribution in [0.2, 0.25) is 0 Å². The molecule has 0 aliphatic heterocycles. The largest absolute Gasteiger partial charge is 0.423 e. The van der Waals surface area contributed by atoms with E-state index in [9.17, 15) is 49.0 Å². The molecular weight excluding hydrogens is 420 g/mol. The fourth-order valence-electron chi connectivity index (χ4n) is 2.18. The highest BCUT2D eigenvalue weighted by molar-refractivity contribution is 7.86. The first-order valence-electron chi connectivity index (χ1n) is 7.98. The summed E-state index contributed by atoms with van der Waals surface area (Å²) in [5, 5.41) is 76.2. The lowest BCUT2D eigenvalue weighted by molar-refractivity contribution is -0.179. The second kappa shape index (κ2) is 10.4. The molecule has 166 valence electrons. The summed E-state index contributed by atoms with van der Waals surface area (Å²) in [5.74, 6) is -2.40. The molecule has 0 amide bonds. The van der Waals surface area contributed by atoms with Gasteiger partial charge in [0.25, 0.3) is 10.1 Å². The molecule has 9 N–H and O–H groups in total. The summed E-state index contributed by atoms with van der Waals surface area (Å²) in [6.07, 6.45) is -16.3. The topological polar surface area (TPSA) is 243 Å². The Morgan fingerprint density at radius 1 is 0.862 bits per heavy atom. The molecule has 1 aromatic carbocycles. The van der Waals surface area contributed by atoms with Crippen LogP contribution in [-0.2, 0) is 14.9 Å². The van der Waals surface area contributed by atoms with E-state index in [1.807, 2.05) is 0 Å². The van der Waals surface area contributed by atoms with Gasteiger partial charge in [-0.15, -0.1) is 0 Å². The molecule has 0 bridgehead atoms. The van der Waals surface area contributed by atoms with Crippen molar-refractivity contribution in [1.29, 1.82) is 0 Å². The first kappa shape index (κ1) is 25.3. The third kappa shape index (κ3) is 6.38. The molecule has 1 aromatic rings. The van der Waals surface area contributed by atoms with Gasteiger partial charge in [0, 0.05) is 0 Å². The Hall–Kier alpha value is -1.72. The highest BCUT2D eigenvalue weighted by Crippen LogP contribution is 2.24. The number of carbonyl (C=O) groups excluding carboxylic acids is 1. The van der Waals surface area contributed by atoms with Gasteiger partial charge in [0.1, 0.15) is 41.5 Å². The molecule has 7 unspecified atom stereocenters. The Bertz CT molecular complexity index is 782. The van der Waals surface area contributed by atoms with E-state index >= 15 is 0 Å². The summed E-state index contributed by atoms with van der Waals surface area (Å²) in [6, 6.07) is 4.24. The summed E-state index contributed by atoms with van der Waals surface area (Å²) in [4.78, 5) is 11.1. The van der Waals surface area contributed by atoms with Gasteiger partial charge < -0.3 is 45.6 Å². The van der Waals surface area contributed by atoms with E-state index in [0.29, 0.717) is 0 Å². The van der Waals surface area contributed by atoms with Crippen LogP contribution in [0.4, 0.5) is 0 Å². The van der Waals surface area contributed by atoms with Gasteiger partial charge in [-0.05, 0) is 12.1 Å². The fraction of sp³-hybridized carbons (Fsp3) is 0.533. The number of ether oxygens (including phenoxy) is 1. The molecule has 0 saturated carbocycles. The molecule has 0 fully saturated rings. The number of aliphatic hydroxyl groups excluding tert-OH is 8. The van der Waals surface area contributed by atoms with E-state index in [-0.39, 0.29) is 0 Å². The van der Waals surface area contributed by atoms with Gasteiger partial charge >= 0.3 is 5.97 Å². The molecule has 0 aromatic heterocycles. The fourth-order valence-corrected chi connectivity index (χ4v) is 2.80.